The van der Waals surface area contributed by atoms with Crippen LogP contribution in [0.25, 0.3) is 0 Å². The zero-order valence-corrected chi connectivity index (χ0v) is 12.4. The zero-order chi connectivity index (χ0) is 15.1. The third-order valence-electron chi connectivity index (χ3n) is 4.49. The van der Waals surface area contributed by atoms with Gasteiger partial charge in [0.15, 0.2) is 0 Å². The predicted octanol–water partition coefficient (Wildman–Crippen LogP) is 1.33. The van der Waals surface area contributed by atoms with Gasteiger partial charge in [-0.1, -0.05) is 0 Å². The first-order valence-corrected chi connectivity index (χ1v) is 7.82. The van der Waals surface area contributed by atoms with Crippen molar-refractivity contribution in [2.24, 2.45) is 5.41 Å². The molecule has 120 valence electrons. The quantitative estimate of drug-likeness (QED) is 0.773. The molecule has 0 spiro atoms. The summed E-state index contributed by atoms with van der Waals surface area (Å²) in [5.74, 6) is -0.932. The van der Waals surface area contributed by atoms with Gasteiger partial charge in [-0.2, -0.15) is 0 Å². The molecule has 0 aromatic rings. The number of aliphatic carboxylic acids is 1. The van der Waals surface area contributed by atoms with Gasteiger partial charge in [0.1, 0.15) is 0 Å². The first kappa shape index (κ1) is 16.2. The van der Waals surface area contributed by atoms with Crippen LogP contribution in [0.5, 0.6) is 0 Å². The van der Waals surface area contributed by atoms with Gasteiger partial charge in [-0.3, -0.25) is 9.59 Å². The molecule has 2 heterocycles. The molecule has 0 bridgehead atoms. The fourth-order valence-electron chi connectivity index (χ4n) is 2.91. The second-order valence-corrected chi connectivity index (χ2v) is 6.00. The second-order valence-electron chi connectivity index (χ2n) is 6.00. The van der Waals surface area contributed by atoms with Gasteiger partial charge < -0.3 is 19.9 Å². The molecule has 0 aliphatic carbocycles. The van der Waals surface area contributed by atoms with Crippen LogP contribution in [0.15, 0.2) is 0 Å². The highest BCUT2D eigenvalue weighted by atomic mass is 16.5. The number of carbonyl (C=O) groups is 2. The summed E-state index contributed by atoms with van der Waals surface area (Å²) < 4.78 is 10.8. The van der Waals surface area contributed by atoms with Crippen LogP contribution in [0.4, 0.5) is 0 Å². The zero-order valence-electron chi connectivity index (χ0n) is 12.4. The van der Waals surface area contributed by atoms with E-state index in [-0.39, 0.29) is 18.6 Å². The Labute approximate surface area is 125 Å². The van der Waals surface area contributed by atoms with E-state index >= 15 is 0 Å². The minimum Gasteiger partial charge on any atom is -0.481 e. The predicted molar refractivity (Wildman–Crippen MR) is 76.0 cm³/mol. The summed E-state index contributed by atoms with van der Waals surface area (Å²) in [5.41, 5.74) is -0.866. The number of hydrogen-bond acceptors (Lipinski definition) is 4. The molecule has 2 saturated heterocycles. The Morgan fingerprint density at radius 3 is 2.57 bits per heavy atom. The van der Waals surface area contributed by atoms with Gasteiger partial charge in [0, 0.05) is 32.8 Å². The van der Waals surface area contributed by atoms with Crippen LogP contribution in [-0.2, 0) is 19.1 Å². The van der Waals surface area contributed by atoms with Crippen molar-refractivity contribution in [2.75, 3.05) is 26.4 Å². The molecule has 21 heavy (non-hydrogen) atoms. The van der Waals surface area contributed by atoms with E-state index in [1.54, 1.807) is 0 Å². The highest BCUT2D eigenvalue weighted by Crippen LogP contribution is 2.30. The van der Waals surface area contributed by atoms with E-state index in [1.165, 1.54) is 0 Å². The molecule has 0 aromatic heterocycles. The Morgan fingerprint density at radius 2 is 1.95 bits per heavy atom. The maximum absolute atomic E-state index is 11.9. The Hall–Kier alpha value is -1.14. The van der Waals surface area contributed by atoms with Gasteiger partial charge in [0.05, 0.1) is 11.5 Å². The van der Waals surface area contributed by atoms with Crippen molar-refractivity contribution in [2.45, 2.75) is 51.0 Å². The molecule has 0 radical (unpaired) electrons. The van der Waals surface area contributed by atoms with E-state index in [2.05, 4.69) is 5.32 Å². The van der Waals surface area contributed by atoms with E-state index in [1.807, 2.05) is 0 Å². The SMILES string of the molecule is O=C(CCC1CCCCO1)NCC1(C(=O)O)CCOCC1. The fourth-order valence-corrected chi connectivity index (χ4v) is 2.91. The van der Waals surface area contributed by atoms with Gasteiger partial charge in [-0.25, -0.2) is 0 Å². The van der Waals surface area contributed by atoms with Crippen molar-refractivity contribution in [1.29, 1.82) is 0 Å². The number of amides is 1. The summed E-state index contributed by atoms with van der Waals surface area (Å²) in [4.78, 5) is 23.4. The van der Waals surface area contributed by atoms with E-state index in [0.29, 0.717) is 32.5 Å². The van der Waals surface area contributed by atoms with E-state index < -0.39 is 11.4 Å². The average Bonchev–Trinajstić information content (AvgIpc) is 2.52. The minimum absolute atomic E-state index is 0.0868. The number of carbonyl (C=O) groups excluding carboxylic acids is 1. The molecule has 2 rings (SSSR count). The molecule has 0 saturated carbocycles. The molecular weight excluding hydrogens is 274 g/mol. The summed E-state index contributed by atoms with van der Waals surface area (Å²) in [6.07, 6.45) is 5.49. The third kappa shape index (κ3) is 4.68. The summed E-state index contributed by atoms with van der Waals surface area (Å²) in [5, 5.41) is 12.2. The van der Waals surface area contributed by atoms with Crippen LogP contribution >= 0.6 is 0 Å². The molecule has 1 atom stereocenters. The Balaban J connectivity index is 1.72. The first-order valence-electron chi connectivity index (χ1n) is 7.82. The Kier molecular flexibility index (Phi) is 5.99. The molecule has 2 fully saturated rings. The lowest BCUT2D eigenvalue weighted by atomic mass is 9.80. The van der Waals surface area contributed by atoms with E-state index in [0.717, 1.165) is 32.3 Å². The average molecular weight is 299 g/mol. The molecule has 0 aromatic carbocycles. The van der Waals surface area contributed by atoms with Crippen molar-refractivity contribution in [3.05, 3.63) is 0 Å². The van der Waals surface area contributed by atoms with Gasteiger partial charge in [0.2, 0.25) is 5.91 Å². The highest BCUT2D eigenvalue weighted by Gasteiger charge is 2.40. The normalized spacial score (nSPS) is 25.2. The van der Waals surface area contributed by atoms with E-state index in [4.69, 9.17) is 9.47 Å². The lowest BCUT2D eigenvalue weighted by Gasteiger charge is -2.33. The molecule has 1 amide bonds. The number of nitrogens with one attached hydrogen (secondary N) is 1. The van der Waals surface area contributed by atoms with Crippen LogP contribution < -0.4 is 5.32 Å². The van der Waals surface area contributed by atoms with Gasteiger partial charge in [-0.15, -0.1) is 0 Å². The maximum atomic E-state index is 11.9. The number of ether oxygens (including phenoxy) is 2. The number of rotatable bonds is 6. The first-order chi connectivity index (χ1) is 10.1. The lowest BCUT2D eigenvalue weighted by molar-refractivity contribution is -0.154. The van der Waals surface area contributed by atoms with Crippen molar-refractivity contribution in [3.63, 3.8) is 0 Å². The fraction of sp³-hybridized carbons (Fsp3) is 0.867. The van der Waals surface area contributed by atoms with Gasteiger partial charge >= 0.3 is 5.97 Å². The third-order valence-corrected chi connectivity index (χ3v) is 4.49. The molecule has 6 heteroatoms. The number of carboxylic acid groups (broad SMARTS) is 1. The second kappa shape index (κ2) is 7.75. The number of carboxylic acids is 1. The summed E-state index contributed by atoms with van der Waals surface area (Å²) in [6, 6.07) is 0. The Bertz CT molecular complexity index is 359. The lowest BCUT2D eigenvalue weighted by Crippen LogP contribution is -2.46. The van der Waals surface area contributed by atoms with Crippen LogP contribution in [0, 0.1) is 5.41 Å². The number of hydrogen-bond donors (Lipinski definition) is 2. The van der Waals surface area contributed by atoms with Crippen LogP contribution in [0.1, 0.15) is 44.9 Å². The summed E-state index contributed by atoms with van der Waals surface area (Å²) >= 11 is 0. The molecule has 1 unspecified atom stereocenters. The van der Waals surface area contributed by atoms with Crippen molar-refractivity contribution in [1.82, 2.24) is 5.32 Å². The van der Waals surface area contributed by atoms with Crippen LogP contribution in [0.3, 0.4) is 0 Å². The van der Waals surface area contributed by atoms with Crippen molar-refractivity contribution in [3.8, 4) is 0 Å². The van der Waals surface area contributed by atoms with Crippen LogP contribution in [0.2, 0.25) is 0 Å². The van der Waals surface area contributed by atoms with Gasteiger partial charge in [-0.05, 0) is 38.5 Å². The largest absolute Gasteiger partial charge is 0.481 e. The minimum atomic E-state index is -0.866. The molecule has 2 N–H and O–H groups in total. The van der Waals surface area contributed by atoms with Crippen molar-refractivity contribution < 1.29 is 24.2 Å². The molecule has 2 aliphatic rings. The van der Waals surface area contributed by atoms with E-state index in [9.17, 15) is 14.7 Å². The molecular formula is C15H25NO5. The molecule has 6 nitrogen and oxygen atoms in total. The summed E-state index contributed by atoms with van der Waals surface area (Å²) in [7, 11) is 0. The monoisotopic (exact) mass is 299 g/mol. The topological polar surface area (TPSA) is 84.9 Å². The maximum Gasteiger partial charge on any atom is 0.311 e. The Morgan fingerprint density at radius 1 is 1.19 bits per heavy atom. The summed E-state index contributed by atoms with van der Waals surface area (Å²) in [6.45, 7) is 1.86. The smallest absolute Gasteiger partial charge is 0.311 e. The molecule has 2 aliphatic heterocycles. The van der Waals surface area contributed by atoms with Crippen LogP contribution in [-0.4, -0.2) is 49.5 Å². The highest BCUT2D eigenvalue weighted by molar-refractivity contribution is 5.79. The van der Waals surface area contributed by atoms with Gasteiger partial charge in [0.25, 0.3) is 0 Å². The van der Waals surface area contributed by atoms with Crippen molar-refractivity contribution >= 4 is 11.9 Å². The standard InChI is InChI=1S/C15H25NO5/c17-13(5-4-12-3-1-2-8-21-12)16-11-15(14(18)19)6-9-20-10-7-15/h12H,1-11H2,(H,16,17)(H,18,19).